The first-order valence-corrected chi connectivity index (χ1v) is 9.04. The first-order valence-electron chi connectivity index (χ1n) is 9.04. The van der Waals surface area contributed by atoms with Crippen LogP contribution >= 0.6 is 0 Å². The number of nitrogens with one attached hydrogen (secondary N) is 1. The maximum Gasteiger partial charge on any atom is 0.336 e. The van der Waals surface area contributed by atoms with Gasteiger partial charge in [-0.2, -0.15) is 0 Å². The lowest BCUT2D eigenvalue weighted by molar-refractivity contribution is -0.120. The zero-order valence-corrected chi connectivity index (χ0v) is 15.6. The topological polar surface area (TPSA) is 95.9 Å². The number of carboxylic acids is 1. The third-order valence-electron chi connectivity index (χ3n) is 4.61. The number of carbonyl (C=O) groups excluding carboxylic acids is 2. The monoisotopic (exact) mass is 382 g/mol. The molecule has 2 aromatic carbocycles. The highest BCUT2D eigenvalue weighted by atomic mass is 16.5. The second-order valence-corrected chi connectivity index (χ2v) is 6.58. The van der Waals surface area contributed by atoms with Gasteiger partial charge < -0.3 is 20.1 Å². The Morgan fingerprint density at radius 1 is 1.07 bits per heavy atom. The van der Waals surface area contributed by atoms with Gasteiger partial charge in [0, 0.05) is 32.1 Å². The van der Waals surface area contributed by atoms with Crippen molar-refractivity contribution >= 4 is 17.8 Å². The van der Waals surface area contributed by atoms with Crippen LogP contribution in [0.2, 0.25) is 0 Å². The van der Waals surface area contributed by atoms with E-state index in [4.69, 9.17) is 4.74 Å². The van der Waals surface area contributed by atoms with Crippen LogP contribution in [0.15, 0.2) is 48.5 Å². The van der Waals surface area contributed by atoms with Gasteiger partial charge in [0.2, 0.25) is 5.91 Å². The highest BCUT2D eigenvalue weighted by molar-refractivity contribution is 6.04. The number of amides is 2. The molecule has 1 fully saturated rings. The van der Waals surface area contributed by atoms with Gasteiger partial charge in [-0.25, -0.2) is 4.79 Å². The number of aromatic carboxylic acids is 1. The van der Waals surface area contributed by atoms with Gasteiger partial charge in [0.05, 0.1) is 18.3 Å². The fourth-order valence-corrected chi connectivity index (χ4v) is 3.26. The highest BCUT2D eigenvalue weighted by Crippen LogP contribution is 2.28. The summed E-state index contributed by atoms with van der Waals surface area (Å²) in [5.74, 6) is -1.38. The van der Waals surface area contributed by atoms with Gasteiger partial charge in [-0.1, -0.05) is 36.4 Å². The molecular weight excluding hydrogens is 360 g/mol. The number of hydrogen-bond donors (Lipinski definition) is 2. The first kappa shape index (κ1) is 19.6. The van der Waals surface area contributed by atoms with Gasteiger partial charge in [-0.15, -0.1) is 0 Å². The number of carboxylic acid groups (broad SMARTS) is 1. The molecule has 1 aliphatic rings. The lowest BCUT2D eigenvalue weighted by Gasteiger charge is -2.33. The lowest BCUT2D eigenvalue weighted by Crippen LogP contribution is -2.49. The molecule has 2 N–H and O–H groups in total. The summed E-state index contributed by atoms with van der Waals surface area (Å²) in [5, 5.41) is 12.2. The van der Waals surface area contributed by atoms with Crippen molar-refractivity contribution in [1.82, 2.24) is 10.2 Å². The molecule has 1 aliphatic heterocycles. The summed E-state index contributed by atoms with van der Waals surface area (Å²) in [5.41, 5.74) is 1.67. The number of benzene rings is 2. The quantitative estimate of drug-likeness (QED) is 0.825. The van der Waals surface area contributed by atoms with Crippen molar-refractivity contribution in [3.63, 3.8) is 0 Å². The maximum atomic E-state index is 13.2. The first-order chi connectivity index (χ1) is 13.5. The largest absolute Gasteiger partial charge is 0.478 e. The molecule has 3 rings (SSSR count). The van der Waals surface area contributed by atoms with Crippen LogP contribution in [0.4, 0.5) is 0 Å². The van der Waals surface area contributed by atoms with Gasteiger partial charge in [0.15, 0.2) is 0 Å². The number of nitrogens with zero attached hydrogens (tertiary/aromatic N) is 1. The Balaban J connectivity index is 1.88. The molecule has 1 unspecified atom stereocenters. The summed E-state index contributed by atoms with van der Waals surface area (Å²) in [7, 11) is 0. The molecular formula is C21H22N2O5. The molecule has 7 nitrogen and oxygen atoms in total. The Hall–Kier alpha value is -3.19. The molecule has 1 saturated heterocycles. The van der Waals surface area contributed by atoms with Gasteiger partial charge in [-0.05, 0) is 23.3 Å². The molecule has 0 spiro atoms. The molecule has 2 amide bonds. The van der Waals surface area contributed by atoms with E-state index in [1.54, 1.807) is 47.4 Å². The summed E-state index contributed by atoms with van der Waals surface area (Å²) < 4.78 is 5.62. The summed E-state index contributed by atoms with van der Waals surface area (Å²) in [4.78, 5) is 37.6. The normalized spacial score (nSPS) is 16.5. The lowest BCUT2D eigenvalue weighted by atomic mass is 9.94. The van der Waals surface area contributed by atoms with Crippen molar-refractivity contribution < 1.29 is 24.2 Å². The highest BCUT2D eigenvalue weighted by Gasteiger charge is 2.27. The van der Waals surface area contributed by atoms with Crippen LogP contribution < -0.4 is 5.32 Å². The van der Waals surface area contributed by atoms with E-state index in [1.807, 2.05) is 0 Å². The molecule has 1 atom stereocenters. The van der Waals surface area contributed by atoms with Crippen LogP contribution in [0.3, 0.4) is 0 Å². The van der Waals surface area contributed by atoms with Gasteiger partial charge in [-0.3, -0.25) is 9.59 Å². The molecule has 0 aliphatic carbocycles. The SMILES string of the molecule is CC(=O)NCC1CN(C(=O)c2ccccc2-c2ccccc2C(=O)O)CCO1. The Kier molecular flexibility index (Phi) is 6.06. The van der Waals surface area contributed by atoms with Gasteiger partial charge in [0.1, 0.15) is 0 Å². The van der Waals surface area contributed by atoms with E-state index in [-0.39, 0.29) is 23.5 Å². The van der Waals surface area contributed by atoms with Crippen LogP contribution in [0.25, 0.3) is 11.1 Å². The second-order valence-electron chi connectivity index (χ2n) is 6.58. The fraction of sp³-hybridized carbons (Fsp3) is 0.286. The second kappa shape index (κ2) is 8.67. The number of ether oxygens (including phenoxy) is 1. The van der Waals surface area contributed by atoms with E-state index in [2.05, 4.69) is 5.32 Å². The van der Waals surface area contributed by atoms with Crippen molar-refractivity contribution in [2.45, 2.75) is 13.0 Å². The number of morpholine rings is 1. The van der Waals surface area contributed by atoms with Crippen LogP contribution in [-0.4, -0.2) is 60.1 Å². The van der Waals surface area contributed by atoms with Crippen molar-refractivity contribution in [3.8, 4) is 11.1 Å². The minimum absolute atomic E-state index is 0.147. The summed E-state index contributed by atoms with van der Waals surface area (Å²) in [6.45, 7) is 2.94. The van der Waals surface area contributed by atoms with E-state index in [0.717, 1.165) is 0 Å². The van der Waals surface area contributed by atoms with Gasteiger partial charge >= 0.3 is 5.97 Å². The number of carbonyl (C=O) groups is 3. The average molecular weight is 382 g/mol. The molecule has 146 valence electrons. The van der Waals surface area contributed by atoms with Crippen molar-refractivity contribution in [2.75, 3.05) is 26.2 Å². The summed E-state index contributed by atoms with van der Waals surface area (Å²) >= 11 is 0. The zero-order chi connectivity index (χ0) is 20.1. The zero-order valence-electron chi connectivity index (χ0n) is 15.6. The van der Waals surface area contributed by atoms with E-state index in [1.165, 1.54) is 13.0 Å². The van der Waals surface area contributed by atoms with Crippen molar-refractivity contribution in [1.29, 1.82) is 0 Å². The Morgan fingerprint density at radius 3 is 2.32 bits per heavy atom. The van der Waals surface area contributed by atoms with E-state index < -0.39 is 5.97 Å². The number of hydrogen-bond acceptors (Lipinski definition) is 4. The van der Waals surface area contributed by atoms with Crippen molar-refractivity contribution in [3.05, 3.63) is 59.7 Å². The van der Waals surface area contributed by atoms with Gasteiger partial charge in [0.25, 0.3) is 5.91 Å². The molecule has 7 heteroatoms. The minimum Gasteiger partial charge on any atom is -0.478 e. The molecule has 0 radical (unpaired) electrons. The molecule has 0 aromatic heterocycles. The summed E-state index contributed by atoms with van der Waals surface area (Å²) in [6.07, 6.45) is -0.278. The Bertz CT molecular complexity index is 896. The fourth-order valence-electron chi connectivity index (χ4n) is 3.26. The predicted octanol–water partition coefficient (Wildman–Crippen LogP) is 2.03. The minimum atomic E-state index is -1.04. The third-order valence-corrected chi connectivity index (χ3v) is 4.61. The predicted molar refractivity (Wildman–Crippen MR) is 103 cm³/mol. The van der Waals surface area contributed by atoms with E-state index in [9.17, 15) is 19.5 Å². The molecule has 0 saturated carbocycles. The maximum absolute atomic E-state index is 13.2. The van der Waals surface area contributed by atoms with E-state index in [0.29, 0.717) is 42.9 Å². The molecule has 2 aromatic rings. The van der Waals surface area contributed by atoms with Crippen LogP contribution in [-0.2, 0) is 9.53 Å². The Morgan fingerprint density at radius 2 is 1.68 bits per heavy atom. The molecule has 28 heavy (non-hydrogen) atoms. The van der Waals surface area contributed by atoms with Crippen LogP contribution in [0.5, 0.6) is 0 Å². The molecule has 1 heterocycles. The standard InChI is InChI=1S/C21H22N2O5/c1-14(24)22-12-15-13-23(10-11-28-15)20(25)18-8-4-2-6-16(18)17-7-3-5-9-19(17)21(26)27/h2-9,15H,10-13H2,1H3,(H,22,24)(H,26,27). The van der Waals surface area contributed by atoms with Crippen LogP contribution in [0, 0.1) is 0 Å². The Labute approximate surface area is 162 Å². The van der Waals surface area contributed by atoms with Crippen LogP contribution in [0.1, 0.15) is 27.6 Å². The van der Waals surface area contributed by atoms with Crippen molar-refractivity contribution in [2.24, 2.45) is 0 Å². The average Bonchev–Trinajstić information content (AvgIpc) is 2.72. The summed E-state index contributed by atoms with van der Waals surface area (Å²) in [6, 6.07) is 13.6. The molecule has 0 bridgehead atoms. The smallest absolute Gasteiger partial charge is 0.336 e. The third kappa shape index (κ3) is 4.37. The number of rotatable bonds is 5. The van der Waals surface area contributed by atoms with E-state index >= 15 is 0 Å².